The van der Waals surface area contributed by atoms with E-state index in [9.17, 15) is 24.9 Å². The Hall–Kier alpha value is -5.57. The van der Waals surface area contributed by atoms with E-state index in [0.717, 1.165) is 118 Å². The van der Waals surface area contributed by atoms with Gasteiger partial charge in [0, 0.05) is 85.1 Å². The number of amides is 2. The number of carbonyl (C=O) groups is 2. The van der Waals surface area contributed by atoms with E-state index in [1.807, 2.05) is 77.2 Å². The van der Waals surface area contributed by atoms with Crippen LogP contribution in [0.1, 0.15) is 101 Å². The Kier molecular flexibility index (Phi) is 15.2. The smallest absolute Gasteiger partial charge is 0.319 e. The molecule has 11 rings (SSSR count). The van der Waals surface area contributed by atoms with Gasteiger partial charge in [-0.15, -0.1) is 11.3 Å². The largest absolute Gasteiger partial charge is 0.508 e. The molecule has 3 aromatic heterocycles. The average molecular weight is 1090 g/mol. The van der Waals surface area contributed by atoms with Gasteiger partial charge in [0.1, 0.15) is 30.4 Å². The molecule has 2 amide bonds. The predicted octanol–water partition coefficient (Wildman–Crippen LogP) is 7.31. The van der Waals surface area contributed by atoms with E-state index in [-0.39, 0.29) is 43.1 Å². The van der Waals surface area contributed by atoms with Gasteiger partial charge in [-0.25, -0.2) is 4.98 Å². The number of benzene rings is 3. The van der Waals surface area contributed by atoms with Gasteiger partial charge in [-0.2, -0.15) is 9.97 Å². The first-order valence-electron chi connectivity index (χ1n) is 27.3. The maximum atomic E-state index is 14.3. The van der Waals surface area contributed by atoms with Crippen LogP contribution < -0.4 is 25.6 Å². The third-order valence-electron chi connectivity index (χ3n) is 16.6. The lowest BCUT2D eigenvalue weighted by atomic mass is 9.79. The Labute approximate surface area is 458 Å². The average Bonchev–Trinajstić information content (AvgIpc) is 4.29. The van der Waals surface area contributed by atoms with Gasteiger partial charge in [0.25, 0.3) is 0 Å². The van der Waals surface area contributed by atoms with E-state index in [1.165, 1.54) is 21.8 Å². The first kappa shape index (κ1) is 53.4. The normalized spacial score (nSPS) is 22.8. The number of fused-ring (bicyclic) bond motifs is 6. The quantitative estimate of drug-likeness (QED) is 0.0525. The molecule has 1 aliphatic carbocycles. The Morgan fingerprint density at radius 2 is 1.78 bits per heavy atom. The Morgan fingerprint density at radius 3 is 2.51 bits per heavy atom. The summed E-state index contributed by atoms with van der Waals surface area (Å²) < 4.78 is 12.6. The van der Waals surface area contributed by atoms with Gasteiger partial charge in [-0.3, -0.25) is 24.8 Å². The summed E-state index contributed by atoms with van der Waals surface area (Å²) in [5, 5.41) is 46.3. The molecule has 5 aliphatic rings. The topological polar surface area (TPSA) is 211 Å². The molecule has 4 unspecified atom stereocenters. The molecule has 0 spiro atoms. The van der Waals surface area contributed by atoms with Gasteiger partial charge in [-0.05, 0) is 104 Å². The zero-order chi connectivity index (χ0) is 53.9. The lowest BCUT2D eigenvalue weighted by Crippen LogP contribution is -2.59. The number of phenolic OH excluding ortho intramolecular Hbond substituents is 1. The minimum Gasteiger partial charge on any atom is -0.508 e. The molecular formula is C58H71ClN10O7S. The fraction of sp³-hybridized carbons (Fsp3) is 0.517. The number of pyridine rings is 1. The number of aromatic hydroxyl groups is 1. The van der Waals surface area contributed by atoms with Crippen LogP contribution in [0, 0.1) is 18.3 Å². The number of piperidine rings is 1. The van der Waals surface area contributed by atoms with Gasteiger partial charge in [-0.1, -0.05) is 69.6 Å². The van der Waals surface area contributed by atoms with Gasteiger partial charge in [0.05, 0.1) is 57.5 Å². The number of aromatic nitrogens is 4. The van der Waals surface area contributed by atoms with Crippen molar-refractivity contribution in [1.29, 1.82) is 0 Å². The fourth-order valence-electron chi connectivity index (χ4n) is 12.4. The molecule has 4 saturated heterocycles. The van der Waals surface area contributed by atoms with Crippen LogP contribution in [0.25, 0.3) is 43.4 Å². The van der Waals surface area contributed by atoms with Crippen LogP contribution in [0.5, 0.6) is 11.8 Å². The molecule has 17 nitrogen and oxygen atoms in total. The standard InChI is InChI=1S/C58H71ClN10O7S/c1-31-41-9-7-8-36-20-39(70)22-43(49(36)41)50-48(31)51-44(24-60-50)54(68-25-37-11-12-38(26-68)63-37)66-57(65-51)76-19-18-67-16-14-34(15-17-67)28-75-29-47(72)64-53(58(4,5)6)56(74)69-27-40(71)23-46(69)55(73)62-32(2)35-10-13-42(45(59)21-35)52-33(3)61-30-77-52/h7-10,13,20-22,24,30-32,34,37-38,40,46-47,53,63-64,70-72H,11-12,14-19,23,25-29H2,1-6H3,(H,62,73)/t31?,32-,37?,38?,40+,46-,47?,53+/m0/s1. The number of aliphatic hydroxyl groups is 2. The summed E-state index contributed by atoms with van der Waals surface area (Å²) >= 11 is 8.23. The molecule has 19 heteroatoms. The van der Waals surface area contributed by atoms with Crippen molar-refractivity contribution in [3.63, 3.8) is 0 Å². The molecule has 3 aromatic carbocycles. The fourth-order valence-corrected chi connectivity index (χ4v) is 13.6. The van der Waals surface area contributed by atoms with Crippen LogP contribution in [0.4, 0.5) is 5.82 Å². The Bertz CT molecular complexity index is 3170. The van der Waals surface area contributed by atoms with Crippen LogP contribution in [0.3, 0.4) is 0 Å². The van der Waals surface area contributed by atoms with E-state index in [4.69, 9.17) is 36.0 Å². The molecule has 8 atom stereocenters. The number of halogens is 1. The second-order valence-electron chi connectivity index (χ2n) is 23.1. The first-order valence-corrected chi connectivity index (χ1v) is 28.6. The maximum Gasteiger partial charge on any atom is 0.319 e. The van der Waals surface area contributed by atoms with E-state index < -0.39 is 35.9 Å². The SMILES string of the molecule is Cc1ncsc1-c1ccc([C@H](C)NC(=O)[C@@H]2C[C@@H](O)CN2C(=O)[C@@H](NC(O)COCC2CCN(CCOc3nc(N4CC5CCC(C4)N5)c4cnc5c(c4n3)C(C)c3cccc4cc(O)cc-5c34)CC2)C(C)(C)C)cc1Cl. The number of nitrogens with one attached hydrogen (secondary N) is 3. The van der Waals surface area contributed by atoms with Gasteiger partial charge < -0.3 is 45.2 Å². The van der Waals surface area contributed by atoms with Crippen molar-refractivity contribution in [2.45, 2.75) is 122 Å². The van der Waals surface area contributed by atoms with E-state index in [2.05, 4.69) is 49.8 Å². The molecule has 4 aliphatic heterocycles. The zero-order valence-electron chi connectivity index (χ0n) is 44.8. The third-order valence-corrected chi connectivity index (χ3v) is 17.8. The number of piperazine rings is 1. The number of carbonyl (C=O) groups excluding carboxylic acids is 2. The molecule has 6 N–H and O–H groups in total. The van der Waals surface area contributed by atoms with Gasteiger partial charge >= 0.3 is 6.01 Å². The van der Waals surface area contributed by atoms with Crippen LogP contribution in [-0.4, -0.2) is 152 Å². The molecule has 2 bridgehead atoms. The Balaban J connectivity index is 0.679. The lowest BCUT2D eigenvalue weighted by molar-refractivity contribution is -0.144. The number of likely N-dealkylation sites (tertiary alicyclic amines) is 2. The summed E-state index contributed by atoms with van der Waals surface area (Å²) in [4.78, 5) is 55.1. The molecular weight excluding hydrogens is 1020 g/mol. The number of rotatable bonds is 16. The third kappa shape index (κ3) is 11.0. The highest BCUT2D eigenvalue weighted by atomic mass is 35.5. The van der Waals surface area contributed by atoms with Crippen LogP contribution in [0.15, 0.2) is 60.2 Å². The molecule has 6 aromatic rings. The number of aryl methyl sites for hydroxylation is 1. The van der Waals surface area contributed by atoms with Crippen molar-refractivity contribution >= 4 is 62.2 Å². The van der Waals surface area contributed by atoms with Crippen molar-refractivity contribution in [3.8, 4) is 33.5 Å². The highest BCUT2D eigenvalue weighted by Crippen LogP contribution is 2.49. The number of ether oxygens (including phenoxy) is 2. The Morgan fingerprint density at radius 1 is 1.00 bits per heavy atom. The van der Waals surface area contributed by atoms with Crippen LogP contribution >= 0.6 is 22.9 Å². The summed E-state index contributed by atoms with van der Waals surface area (Å²) in [6, 6.07) is 14.6. The van der Waals surface area contributed by atoms with E-state index >= 15 is 0 Å². The van der Waals surface area contributed by atoms with Crippen molar-refractivity contribution in [2.75, 3.05) is 64.0 Å². The summed E-state index contributed by atoms with van der Waals surface area (Å²) in [5.41, 5.74) is 8.48. The van der Waals surface area contributed by atoms with E-state index in [0.29, 0.717) is 48.8 Å². The van der Waals surface area contributed by atoms with E-state index in [1.54, 1.807) is 5.51 Å². The number of nitrogens with zero attached hydrogens (tertiary/aromatic N) is 7. The first-order chi connectivity index (χ1) is 37.0. The number of hydrogen-bond acceptors (Lipinski definition) is 16. The van der Waals surface area contributed by atoms with Crippen molar-refractivity contribution in [3.05, 3.63) is 87.6 Å². The summed E-state index contributed by atoms with van der Waals surface area (Å²) in [7, 11) is 0. The van der Waals surface area contributed by atoms with Gasteiger partial charge in [0.15, 0.2) is 0 Å². The van der Waals surface area contributed by atoms with Crippen molar-refractivity contribution in [1.82, 2.24) is 45.7 Å². The number of anilines is 1. The lowest BCUT2D eigenvalue weighted by Gasteiger charge is -2.37. The monoisotopic (exact) mass is 1090 g/mol. The summed E-state index contributed by atoms with van der Waals surface area (Å²) in [6.07, 6.45) is 4.11. The minimum atomic E-state index is -1.15. The number of hydrogen-bond donors (Lipinski definition) is 6. The summed E-state index contributed by atoms with van der Waals surface area (Å²) in [5.74, 6) is 0.608. The molecule has 0 radical (unpaired) electrons. The summed E-state index contributed by atoms with van der Waals surface area (Å²) in [6.45, 7) is 16.7. The maximum absolute atomic E-state index is 14.3. The number of thiazole rings is 1. The predicted molar refractivity (Wildman–Crippen MR) is 299 cm³/mol. The molecule has 408 valence electrons. The highest BCUT2D eigenvalue weighted by molar-refractivity contribution is 7.13. The number of phenols is 1. The molecule has 4 fully saturated rings. The molecule has 77 heavy (non-hydrogen) atoms. The zero-order valence-corrected chi connectivity index (χ0v) is 46.3. The van der Waals surface area contributed by atoms with Gasteiger partial charge in [0.2, 0.25) is 11.8 Å². The van der Waals surface area contributed by atoms with Crippen LogP contribution in [-0.2, 0) is 14.3 Å². The number of β-amino-alcohol motifs (C(OH)–C–C–N with tert-alkyl or cyclic N) is 1. The molecule has 7 heterocycles. The second kappa shape index (κ2) is 21.9. The highest BCUT2D eigenvalue weighted by Gasteiger charge is 2.45. The van der Waals surface area contributed by atoms with Crippen molar-refractivity contribution in [2.24, 2.45) is 11.3 Å². The van der Waals surface area contributed by atoms with Crippen molar-refractivity contribution < 1.29 is 34.4 Å². The van der Waals surface area contributed by atoms with Crippen LogP contribution in [0.2, 0.25) is 5.02 Å². The number of aliphatic hydroxyl groups excluding tert-OH is 2. The second-order valence-corrected chi connectivity index (χ2v) is 24.4. The minimum absolute atomic E-state index is 0.000986. The molecule has 0 saturated carbocycles.